The summed E-state index contributed by atoms with van der Waals surface area (Å²) in [6, 6.07) is 0.351. The average molecular weight is 376 g/mol. The van der Waals surface area contributed by atoms with Crippen molar-refractivity contribution >= 4 is 35.0 Å². The van der Waals surface area contributed by atoms with Gasteiger partial charge in [0.15, 0.2) is 0 Å². The van der Waals surface area contributed by atoms with E-state index in [1.54, 1.807) is 0 Å². The van der Waals surface area contributed by atoms with Crippen LogP contribution in [0, 0.1) is 5.41 Å². The molecule has 24 heavy (non-hydrogen) atoms. The highest BCUT2D eigenvalue weighted by atomic mass is 35.5. The number of amides is 2. The molecular formula is C17H27Cl2N3O2. The summed E-state index contributed by atoms with van der Waals surface area (Å²) < 4.78 is -0.915. The van der Waals surface area contributed by atoms with Crippen molar-refractivity contribution in [2.75, 3.05) is 39.3 Å². The van der Waals surface area contributed by atoms with E-state index < -0.39 is 9.75 Å². The Labute approximate surface area is 154 Å². The molecule has 136 valence electrons. The molecular weight excluding hydrogens is 349 g/mol. The van der Waals surface area contributed by atoms with Crippen LogP contribution in [0.25, 0.3) is 0 Å². The topological polar surface area (TPSA) is 43.9 Å². The molecule has 3 fully saturated rings. The van der Waals surface area contributed by atoms with Crippen LogP contribution in [-0.2, 0) is 9.59 Å². The Bertz CT molecular complexity index is 520. The Morgan fingerprint density at radius 3 is 2.25 bits per heavy atom. The summed E-state index contributed by atoms with van der Waals surface area (Å²) >= 11 is 12.2. The molecule has 0 bridgehead atoms. The lowest BCUT2D eigenvalue weighted by molar-refractivity contribution is -0.139. The first-order valence-corrected chi connectivity index (χ1v) is 9.69. The summed E-state index contributed by atoms with van der Waals surface area (Å²) in [5, 5.41) is 0. The highest BCUT2D eigenvalue weighted by Crippen LogP contribution is 2.64. The van der Waals surface area contributed by atoms with E-state index >= 15 is 0 Å². The number of carbonyl (C=O) groups excluding carboxylic acids is 2. The van der Waals surface area contributed by atoms with Gasteiger partial charge in [0.05, 0.1) is 12.0 Å². The van der Waals surface area contributed by atoms with Gasteiger partial charge in [-0.05, 0) is 39.5 Å². The van der Waals surface area contributed by atoms with Gasteiger partial charge in [-0.15, -0.1) is 23.2 Å². The monoisotopic (exact) mass is 375 g/mol. The summed E-state index contributed by atoms with van der Waals surface area (Å²) in [7, 11) is 0. The molecule has 0 radical (unpaired) electrons. The lowest BCUT2D eigenvalue weighted by atomic mass is 10.0. The molecule has 3 rings (SSSR count). The zero-order valence-corrected chi connectivity index (χ0v) is 16.1. The maximum absolute atomic E-state index is 12.6. The Hall–Kier alpha value is -0.520. The van der Waals surface area contributed by atoms with Gasteiger partial charge >= 0.3 is 0 Å². The average Bonchev–Trinajstić information content (AvgIpc) is 3.07. The third kappa shape index (κ3) is 3.40. The second-order valence-corrected chi connectivity index (χ2v) is 9.20. The van der Waals surface area contributed by atoms with E-state index in [4.69, 9.17) is 23.2 Å². The van der Waals surface area contributed by atoms with Crippen molar-refractivity contribution in [3.8, 4) is 0 Å². The highest BCUT2D eigenvalue weighted by molar-refractivity contribution is 6.53. The van der Waals surface area contributed by atoms with Crippen LogP contribution in [0.5, 0.6) is 0 Å². The number of rotatable bonds is 3. The van der Waals surface area contributed by atoms with Gasteiger partial charge in [-0.25, -0.2) is 0 Å². The van der Waals surface area contributed by atoms with Crippen LogP contribution in [-0.4, -0.2) is 76.2 Å². The lowest BCUT2D eigenvalue weighted by Crippen LogP contribution is -2.54. The van der Waals surface area contributed by atoms with E-state index in [1.165, 1.54) is 6.42 Å². The number of halogens is 2. The molecule has 2 saturated heterocycles. The maximum atomic E-state index is 12.6. The molecule has 2 amide bonds. The van der Waals surface area contributed by atoms with Gasteiger partial charge in [-0.2, -0.15) is 0 Å². The second-order valence-electron chi connectivity index (χ2n) is 7.71. The predicted molar refractivity (Wildman–Crippen MR) is 95.2 cm³/mol. The molecule has 5 nitrogen and oxygen atoms in total. The fourth-order valence-electron chi connectivity index (χ4n) is 3.84. The number of hydrogen-bond acceptors (Lipinski definition) is 3. The Morgan fingerprint density at radius 1 is 1.08 bits per heavy atom. The van der Waals surface area contributed by atoms with Crippen LogP contribution in [0.15, 0.2) is 0 Å². The van der Waals surface area contributed by atoms with Crippen molar-refractivity contribution in [3.63, 3.8) is 0 Å². The van der Waals surface area contributed by atoms with Crippen LogP contribution in [0.2, 0.25) is 0 Å². The number of alkyl halides is 2. The van der Waals surface area contributed by atoms with E-state index in [9.17, 15) is 9.59 Å². The SMILES string of the molecule is CC1CCCCN1C(=O)CN1CCN(C(=O)C2(C)CC2(Cl)Cl)CC1. The third-order valence-corrected chi connectivity index (χ3v) is 6.97. The number of carbonyl (C=O) groups is 2. The van der Waals surface area contributed by atoms with Gasteiger partial charge in [0.1, 0.15) is 4.33 Å². The van der Waals surface area contributed by atoms with Crippen LogP contribution >= 0.6 is 23.2 Å². The summed E-state index contributed by atoms with van der Waals surface area (Å²) in [5.41, 5.74) is -0.642. The molecule has 0 aromatic heterocycles. The van der Waals surface area contributed by atoms with Crippen LogP contribution in [0.1, 0.15) is 39.5 Å². The first-order chi connectivity index (χ1) is 11.2. The predicted octanol–water partition coefficient (Wildman–Crippen LogP) is 2.12. The summed E-state index contributed by atoms with van der Waals surface area (Å²) in [6.07, 6.45) is 3.95. The second kappa shape index (κ2) is 6.65. The van der Waals surface area contributed by atoms with Crippen LogP contribution in [0.4, 0.5) is 0 Å². The molecule has 0 N–H and O–H groups in total. The standard InChI is InChI=1S/C17H27Cl2N3O2/c1-13-5-3-4-6-22(13)14(23)11-20-7-9-21(10-8-20)15(24)16(2)12-17(16,18)19/h13H,3-12H2,1-2H3. The summed E-state index contributed by atoms with van der Waals surface area (Å²) in [5.74, 6) is 0.264. The van der Waals surface area contributed by atoms with Crippen LogP contribution in [0.3, 0.4) is 0 Å². The Kier molecular flexibility index (Phi) is 5.07. The molecule has 1 aliphatic carbocycles. The van der Waals surface area contributed by atoms with Crippen molar-refractivity contribution in [3.05, 3.63) is 0 Å². The first kappa shape index (κ1) is 18.3. The van der Waals surface area contributed by atoms with Gasteiger partial charge in [0, 0.05) is 38.8 Å². The number of likely N-dealkylation sites (tertiary alicyclic amines) is 1. The highest BCUT2D eigenvalue weighted by Gasteiger charge is 2.68. The van der Waals surface area contributed by atoms with E-state index in [0.717, 1.165) is 32.5 Å². The third-order valence-electron chi connectivity index (χ3n) is 5.87. The fourth-order valence-corrected chi connectivity index (χ4v) is 4.54. The van der Waals surface area contributed by atoms with E-state index in [2.05, 4.69) is 11.8 Å². The lowest BCUT2D eigenvalue weighted by Gasteiger charge is -2.38. The number of hydrogen-bond donors (Lipinski definition) is 0. The van der Waals surface area contributed by atoms with Gasteiger partial charge in [0.25, 0.3) is 0 Å². The van der Waals surface area contributed by atoms with E-state index in [0.29, 0.717) is 32.1 Å². The van der Waals surface area contributed by atoms with Gasteiger partial charge in [-0.3, -0.25) is 14.5 Å². The van der Waals surface area contributed by atoms with Gasteiger partial charge in [-0.1, -0.05) is 0 Å². The molecule has 1 saturated carbocycles. The van der Waals surface area contributed by atoms with Gasteiger partial charge in [0.2, 0.25) is 11.8 Å². The molecule has 0 aromatic rings. The van der Waals surface area contributed by atoms with Gasteiger partial charge < -0.3 is 9.80 Å². The molecule has 0 aromatic carbocycles. The summed E-state index contributed by atoms with van der Waals surface area (Å²) in [4.78, 5) is 31.1. The molecule has 7 heteroatoms. The minimum Gasteiger partial charge on any atom is -0.340 e. The van der Waals surface area contributed by atoms with Crippen LogP contribution < -0.4 is 0 Å². The minimum atomic E-state index is -0.915. The van der Waals surface area contributed by atoms with Crippen molar-refractivity contribution in [2.24, 2.45) is 5.41 Å². The molecule has 2 heterocycles. The zero-order chi connectivity index (χ0) is 17.5. The maximum Gasteiger partial charge on any atom is 0.236 e. The fraction of sp³-hybridized carbons (Fsp3) is 0.882. The molecule has 3 aliphatic rings. The van der Waals surface area contributed by atoms with E-state index in [-0.39, 0.29) is 11.8 Å². The normalized spacial score (nSPS) is 33.4. The van der Waals surface area contributed by atoms with Crippen molar-refractivity contribution < 1.29 is 9.59 Å². The smallest absolute Gasteiger partial charge is 0.236 e. The summed E-state index contributed by atoms with van der Waals surface area (Å²) in [6.45, 7) is 8.05. The zero-order valence-electron chi connectivity index (χ0n) is 14.6. The van der Waals surface area contributed by atoms with Crippen molar-refractivity contribution in [1.29, 1.82) is 0 Å². The minimum absolute atomic E-state index is 0.0446. The number of piperazine rings is 1. The van der Waals surface area contributed by atoms with Crippen molar-refractivity contribution in [2.45, 2.75) is 49.9 Å². The number of piperidine rings is 1. The molecule has 2 unspecified atom stereocenters. The Morgan fingerprint density at radius 2 is 1.71 bits per heavy atom. The van der Waals surface area contributed by atoms with E-state index in [1.807, 2.05) is 16.7 Å². The Balaban J connectivity index is 1.47. The molecule has 0 spiro atoms. The van der Waals surface area contributed by atoms with Crippen molar-refractivity contribution in [1.82, 2.24) is 14.7 Å². The largest absolute Gasteiger partial charge is 0.340 e. The molecule has 2 atom stereocenters. The quantitative estimate of drug-likeness (QED) is 0.709. The number of nitrogens with zero attached hydrogens (tertiary/aromatic N) is 3. The first-order valence-electron chi connectivity index (χ1n) is 8.94. The molecule has 2 aliphatic heterocycles.